The largest absolute Gasteiger partial charge is 0.481 e. The highest BCUT2D eigenvalue weighted by atomic mass is 79.9. The average Bonchev–Trinajstić information content (AvgIpc) is 2.86. The highest BCUT2D eigenvalue weighted by Gasteiger charge is 2.32. The summed E-state index contributed by atoms with van der Waals surface area (Å²) in [6.07, 6.45) is 3.77. The molecule has 1 fully saturated rings. The number of amides is 1. The van der Waals surface area contributed by atoms with E-state index in [2.05, 4.69) is 20.9 Å². The van der Waals surface area contributed by atoms with E-state index < -0.39 is 5.97 Å². The molecule has 1 amide bonds. The van der Waals surface area contributed by atoms with E-state index in [-0.39, 0.29) is 12.3 Å². The topological polar surface area (TPSA) is 75.4 Å². The smallest absolute Gasteiger partial charge is 0.303 e. The second kappa shape index (κ2) is 6.71. The second-order valence-corrected chi connectivity index (χ2v) is 6.79. The first kappa shape index (κ1) is 16.2. The van der Waals surface area contributed by atoms with Crippen molar-refractivity contribution in [3.05, 3.63) is 21.5 Å². The SMILES string of the molecule is Cn1cnc(Br)c1C=C1SC(=S)N(CCCC(=O)O)C1=O. The van der Waals surface area contributed by atoms with Crippen LogP contribution < -0.4 is 0 Å². The molecule has 0 aliphatic carbocycles. The number of halogens is 1. The van der Waals surface area contributed by atoms with Crippen LogP contribution in [0.25, 0.3) is 6.08 Å². The third-order valence-electron chi connectivity index (χ3n) is 2.85. The fourth-order valence-electron chi connectivity index (χ4n) is 1.78. The number of nitrogens with zero attached hydrogens (tertiary/aromatic N) is 3. The number of carboxylic acid groups (broad SMARTS) is 1. The van der Waals surface area contributed by atoms with E-state index in [0.29, 0.717) is 26.8 Å². The van der Waals surface area contributed by atoms with Crippen molar-refractivity contribution in [2.75, 3.05) is 6.54 Å². The molecule has 2 rings (SSSR count). The van der Waals surface area contributed by atoms with Crippen molar-refractivity contribution >= 4 is 62.2 Å². The van der Waals surface area contributed by atoms with Crippen molar-refractivity contribution < 1.29 is 14.7 Å². The maximum atomic E-state index is 12.3. The molecule has 9 heteroatoms. The zero-order valence-corrected chi connectivity index (χ0v) is 14.3. The van der Waals surface area contributed by atoms with E-state index in [4.69, 9.17) is 17.3 Å². The normalized spacial score (nSPS) is 17.0. The molecule has 6 nitrogen and oxygen atoms in total. The van der Waals surface area contributed by atoms with Gasteiger partial charge in [-0.15, -0.1) is 0 Å². The third kappa shape index (κ3) is 3.72. The number of thiocarbonyl (C=S) groups is 1. The molecular formula is C12H12BrN3O3S2. The van der Waals surface area contributed by atoms with E-state index in [1.165, 1.54) is 16.7 Å². The van der Waals surface area contributed by atoms with Gasteiger partial charge in [0.1, 0.15) is 8.92 Å². The van der Waals surface area contributed by atoms with Gasteiger partial charge in [-0.3, -0.25) is 14.5 Å². The van der Waals surface area contributed by atoms with Gasteiger partial charge in [0.15, 0.2) is 0 Å². The molecule has 1 aromatic heterocycles. The number of thioether (sulfide) groups is 1. The maximum absolute atomic E-state index is 12.3. The summed E-state index contributed by atoms with van der Waals surface area (Å²) >= 11 is 9.72. The molecule has 1 aromatic rings. The van der Waals surface area contributed by atoms with Crippen LogP contribution in [0.3, 0.4) is 0 Å². The first-order valence-corrected chi connectivity index (χ1v) is 8.06. The highest BCUT2D eigenvalue weighted by Crippen LogP contribution is 2.33. The Kier molecular flexibility index (Phi) is 5.17. The molecule has 0 aromatic carbocycles. The van der Waals surface area contributed by atoms with E-state index in [1.807, 2.05) is 7.05 Å². The fraction of sp³-hybridized carbons (Fsp3) is 0.333. The zero-order valence-electron chi connectivity index (χ0n) is 11.1. The summed E-state index contributed by atoms with van der Waals surface area (Å²) in [6.45, 7) is 0.320. The first-order valence-electron chi connectivity index (χ1n) is 6.04. The number of rotatable bonds is 5. The van der Waals surface area contributed by atoms with Crippen LogP contribution in [0.1, 0.15) is 18.5 Å². The van der Waals surface area contributed by atoms with Crippen LogP contribution in [-0.4, -0.2) is 42.3 Å². The van der Waals surface area contributed by atoms with Gasteiger partial charge in [0.05, 0.1) is 16.9 Å². The average molecular weight is 390 g/mol. The molecule has 2 heterocycles. The molecule has 1 aliphatic rings. The molecule has 21 heavy (non-hydrogen) atoms. The van der Waals surface area contributed by atoms with Crippen LogP contribution in [0, 0.1) is 0 Å². The lowest BCUT2D eigenvalue weighted by atomic mass is 10.3. The molecule has 0 atom stereocenters. The molecule has 0 saturated carbocycles. The van der Waals surface area contributed by atoms with Gasteiger partial charge < -0.3 is 9.67 Å². The number of imidazole rings is 1. The summed E-state index contributed by atoms with van der Waals surface area (Å²) in [4.78, 5) is 28.9. The predicted molar refractivity (Wildman–Crippen MR) is 87.7 cm³/mol. The van der Waals surface area contributed by atoms with Gasteiger partial charge in [-0.2, -0.15) is 0 Å². The van der Waals surface area contributed by atoms with Crippen LogP contribution >= 0.6 is 39.9 Å². The van der Waals surface area contributed by atoms with Crippen molar-refractivity contribution in [3.8, 4) is 0 Å². The first-order chi connectivity index (χ1) is 9.90. The molecule has 0 radical (unpaired) electrons. The van der Waals surface area contributed by atoms with Gasteiger partial charge in [0.25, 0.3) is 5.91 Å². The van der Waals surface area contributed by atoms with Crippen molar-refractivity contribution in [3.63, 3.8) is 0 Å². The summed E-state index contributed by atoms with van der Waals surface area (Å²) in [7, 11) is 1.83. The van der Waals surface area contributed by atoms with Gasteiger partial charge in [-0.05, 0) is 28.4 Å². The quantitative estimate of drug-likeness (QED) is 0.614. The molecule has 0 spiro atoms. The van der Waals surface area contributed by atoms with Crippen molar-refractivity contribution in [1.29, 1.82) is 0 Å². The molecule has 1 saturated heterocycles. The van der Waals surface area contributed by atoms with Gasteiger partial charge in [0, 0.05) is 20.0 Å². The van der Waals surface area contributed by atoms with E-state index in [1.54, 1.807) is 17.0 Å². The molecule has 0 unspecified atom stereocenters. The molecule has 1 aliphatic heterocycles. The van der Waals surface area contributed by atoms with Crippen LogP contribution in [0.15, 0.2) is 15.8 Å². The monoisotopic (exact) mass is 389 g/mol. The van der Waals surface area contributed by atoms with Crippen molar-refractivity contribution in [2.45, 2.75) is 12.8 Å². The standard InChI is InChI=1S/C12H12BrN3O3S2/c1-15-6-14-10(13)7(15)5-8-11(19)16(12(20)21-8)4-2-3-9(17)18/h5-6H,2-4H2,1H3,(H,17,18). The molecule has 112 valence electrons. The Bertz CT molecular complexity index is 622. The Balaban J connectivity index is 2.12. The van der Waals surface area contributed by atoms with Crippen molar-refractivity contribution in [1.82, 2.24) is 14.5 Å². The Hall–Kier alpha value is -1.19. The molecule has 0 bridgehead atoms. The summed E-state index contributed by atoms with van der Waals surface area (Å²) in [6, 6.07) is 0. The van der Waals surface area contributed by atoms with E-state index in [0.717, 1.165) is 5.69 Å². The number of aromatic nitrogens is 2. The second-order valence-electron chi connectivity index (χ2n) is 4.36. The summed E-state index contributed by atoms with van der Waals surface area (Å²) in [5, 5.41) is 8.64. The zero-order chi connectivity index (χ0) is 15.6. The van der Waals surface area contributed by atoms with Crippen LogP contribution in [-0.2, 0) is 16.6 Å². The van der Waals surface area contributed by atoms with Crippen LogP contribution in [0.5, 0.6) is 0 Å². The minimum absolute atomic E-state index is 0.0172. The minimum Gasteiger partial charge on any atom is -0.481 e. The lowest BCUT2D eigenvalue weighted by Gasteiger charge is -2.13. The Morgan fingerprint density at radius 3 is 2.90 bits per heavy atom. The lowest BCUT2D eigenvalue weighted by molar-refractivity contribution is -0.137. The third-order valence-corrected chi connectivity index (χ3v) is 4.84. The number of aliphatic carboxylic acids is 1. The molecular weight excluding hydrogens is 378 g/mol. The molecule has 1 N–H and O–H groups in total. The summed E-state index contributed by atoms with van der Waals surface area (Å²) in [5.74, 6) is -1.07. The highest BCUT2D eigenvalue weighted by molar-refractivity contribution is 9.10. The van der Waals surface area contributed by atoms with E-state index >= 15 is 0 Å². The number of carbonyl (C=O) groups excluding carboxylic acids is 1. The Morgan fingerprint density at radius 1 is 1.62 bits per heavy atom. The predicted octanol–water partition coefficient (Wildman–Crippen LogP) is 2.25. The van der Waals surface area contributed by atoms with Crippen LogP contribution in [0.4, 0.5) is 0 Å². The maximum Gasteiger partial charge on any atom is 0.303 e. The van der Waals surface area contributed by atoms with Gasteiger partial charge in [-0.1, -0.05) is 24.0 Å². The summed E-state index contributed by atoms with van der Waals surface area (Å²) in [5.41, 5.74) is 0.779. The Labute approximate surface area is 139 Å². The van der Waals surface area contributed by atoms with E-state index in [9.17, 15) is 9.59 Å². The van der Waals surface area contributed by atoms with Gasteiger partial charge in [0.2, 0.25) is 0 Å². The number of hydrogen-bond donors (Lipinski definition) is 1. The fourth-order valence-corrected chi connectivity index (χ4v) is 3.55. The number of carbonyl (C=O) groups is 2. The number of aryl methyl sites for hydroxylation is 1. The van der Waals surface area contributed by atoms with Crippen molar-refractivity contribution in [2.24, 2.45) is 7.05 Å². The van der Waals surface area contributed by atoms with Gasteiger partial charge in [-0.25, -0.2) is 4.98 Å². The lowest BCUT2D eigenvalue weighted by Crippen LogP contribution is -2.29. The summed E-state index contributed by atoms with van der Waals surface area (Å²) < 4.78 is 2.90. The Morgan fingerprint density at radius 2 is 2.33 bits per heavy atom. The van der Waals surface area contributed by atoms with Crippen LogP contribution in [0.2, 0.25) is 0 Å². The van der Waals surface area contributed by atoms with Gasteiger partial charge >= 0.3 is 5.97 Å². The minimum atomic E-state index is -0.880. The number of carboxylic acids is 1. The number of hydrogen-bond acceptors (Lipinski definition) is 5.